The third-order valence-corrected chi connectivity index (χ3v) is 6.11. The summed E-state index contributed by atoms with van der Waals surface area (Å²) in [6.45, 7) is 4.26. The average molecular weight is 473 g/mol. The zero-order valence-corrected chi connectivity index (χ0v) is 20.4. The number of rotatable bonds is 9. The van der Waals surface area contributed by atoms with E-state index in [9.17, 15) is 4.79 Å². The molecule has 0 aliphatic carbocycles. The quantitative estimate of drug-likeness (QED) is 0.450. The van der Waals surface area contributed by atoms with Gasteiger partial charge in [-0.05, 0) is 35.9 Å². The largest absolute Gasteiger partial charge is 0.496 e. The minimum Gasteiger partial charge on any atom is -0.496 e. The molecule has 0 bridgehead atoms. The third-order valence-electron chi connectivity index (χ3n) is 6.11. The predicted molar refractivity (Wildman–Crippen MR) is 138 cm³/mol. The van der Waals surface area contributed by atoms with E-state index in [0.29, 0.717) is 35.9 Å². The van der Waals surface area contributed by atoms with Crippen LogP contribution in [0.25, 0.3) is 6.08 Å². The lowest BCUT2D eigenvalue weighted by Gasteiger charge is -2.34. The van der Waals surface area contributed by atoms with Crippen molar-refractivity contribution in [2.45, 2.75) is 6.61 Å². The van der Waals surface area contributed by atoms with Crippen molar-refractivity contribution >= 4 is 12.0 Å². The van der Waals surface area contributed by atoms with E-state index in [2.05, 4.69) is 29.2 Å². The fraction of sp³-hybridized carbons (Fsp3) is 0.276. The van der Waals surface area contributed by atoms with Gasteiger partial charge >= 0.3 is 0 Å². The summed E-state index contributed by atoms with van der Waals surface area (Å²) in [6, 6.07) is 23.3. The van der Waals surface area contributed by atoms with Gasteiger partial charge in [-0.25, -0.2) is 0 Å². The molecule has 1 heterocycles. The number of ether oxygens (including phenoxy) is 3. The Morgan fingerprint density at radius 1 is 0.829 bits per heavy atom. The SMILES string of the molecule is COc1ccc(C(=O)N2CCN(C/C=C/c3ccccc3)CC2)cc1COc1ccccc1OC. The van der Waals surface area contributed by atoms with Gasteiger partial charge < -0.3 is 19.1 Å². The Kier molecular flexibility index (Phi) is 8.41. The number of carbonyl (C=O) groups excluding carboxylic acids is 1. The molecule has 35 heavy (non-hydrogen) atoms. The van der Waals surface area contributed by atoms with Gasteiger partial charge in [-0.1, -0.05) is 54.6 Å². The number of nitrogens with zero attached hydrogens (tertiary/aromatic N) is 2. The molecule has 1 fully saturated rings. The van der Waals surface area contributed by atoms with Crippen LogP contribution in [0.3, 0.4) is 0 Å². The number of piperazine rings is 1. The second-order valence-corrected chi connectivity index (χ2v) is 8.37. The van der Waals surface area contributed by atoms with Crippen LogP contribution in [-0.2, 0) is 6.61 Å². The first-order valence-corrected chi connectivity index (χ1v) is 11.8. The smallest absolute Gasteiger partial charge is 0.253 e. The van der Waals surface area contributed by atoms with Gasteiger partial charge in [0, 0.05) is 43.9 Å². The van der Waals surface area contributed by atoms with Crippen LogP contribution in [-0.4, -0.2) is 62.7 Å². The third kappa shape index (κ3) is 6.43. The molecule has 182 valence electrons. The molecule has 6 nitrogen and oxygen atoms in total. The summed E-state index contributed by atoms with van der Waals surface area (Å²) < 4.78 is 16.8. The summed E-state index contributed by atoms with van der Waals surface area (Å²) in [5.74, 6) is 2.03. The van der Waals surface area contributed by atoms with Crippen molar-refractivity contribution < 1.29 is 19.0 Å². The summed E-state index contributed by atoms with van der Waals surface area (Å²) in [4.78, 5) is 17.5. The summed E-state index contributed by atoms with van der Waals surface area (Å²) >= 11 is 0. The molecule has 0 atom stereocenters. The van der Waals surface area contributed by atoms with Crippen LogP contribution >= 0.6 is 0 Å². The number of carbonyl (C=O) groups is 1. The molecule has 0 radical (unpaired) electrons. The molecule has 0 saturated carbocycles. The molecule has 6 heteroatoms. The molecule has 0 unspecified atom stereocenters. The maximum atomic E-state index is 13.2. The molecule has 0 aromatic heterocycles. The van der Waals surface area contributed by atoms with Crippen LogP contribution < -0.4 is 14.2 Å². The van der Waals surface area contributed by atoms with E-state index < -0.39 is 0 Å². The van der Waals surface area contributed by atoms with Crippen LogP contribution in [0.15, 0.2) is 78.9 Å². The van der Waals surface area contributed by atoms with E-state index >= 15 is 0 Å². The van der Waals surface area contributed by atoms with Crippen molar-refractivity contribution in [3.8, 4) is 17.2 Å². The van der Waals surface area contributed by atoms with Crippen LogP contribution in [0.1, 0.15) is 21.5 Å². The van der Waals surface area contributed by atoms with Gasteiger partial charge in [0.2, 0.25) is 0 Å². The zero-order valence-electron chi connectivity index (χ0n) is 20.4. The van der Waals surface area contributed by atoms with E-state index in [4.69, 9.17) is 14.2 Å². The number of para-hydroxylation sites is 2. The van der Waals surface area contributed by atoms with Gasteiger partial charge in [-0.15, -0.1) is 0 Å². The lowest BCUT2D eigenvalue weighted by atomic mass is 10.1. The van der Waals surface area contributed by atoms with Gasteiger partial charge in [0.1, 0.15) is 12.4 Å². The Bertz CT molecular complexity index is 1140. The van der Waals surface area contributed by atoms with Gasteiger partial charge in [0.05, 0.1) is 14.2 Å². The van der Waals surface area contributed by atoms with Crippen LogP contribution in [0.4, 0.5) is 0 Å². The van der Waals surface area contributed by atoms with E-state index in [-0.39, 0.29) is 12.5 Å². The molecule has 1 saturated heterocycles. The van der Waals surface area contributed by atoms with Crippen molar-refractivity contribution in [2.24, 2.45) is 0 Å². The molecule has 1 amide bonds. The Balaban J connectivity index is 1.35. The zero-order chi connectivity index (χ0) is 24.5. The highest BCUT2D eigenvalue weighted by molar-refractivity contribution is 5.94. The number of methoxy groups -OCH3 is 2. The lowest BCUT2D eigenvalue weighted by Crippen LogP contribution is -2.48. The highest BCUT2D eigenvalue weighted by atomic mass is 16.5. The molecular weight excluding hydrogens is 440 g/mol. The van der Waals surface area contributed by atoms with Gasteiger partial charge in [-0.2, -0.15) is 0 Å². The Labute approximate surface area is 207 Å². The summed E-state index contributed by atoms with van der Waals surface area (Å²) in [5.41, 5.74) is 2.65. The van der Waals surface area contributed by atoms with Gasteiger partial charge in [0.15, 0.2) is 11.5 Å². The normalized spacial score (nSPS) is 14.2. The van der Waals surface area contributed by atoms with Crippen molar-refractivity contribution in [3.05, 3.63) is 95.6 Å². The van der Waals surface area contributed by atoms with Crippen molar-refractivity contribution in [2.75, 3.05) is 46.9 Å². The minimum atomic E-state index is 0.0330. The van der Waals surface area contributed by atoms with Crippen molar-refractivity contribution in [3.63, 3.8) is 0 Å². The summed E-state index contributed by atoms with van der Waals surface area (Å²) in [7, 11) is 3.23. The van der Waals surface area contributed by atoms with Crippen LogP contribution in [0.2, 0.25) is 0 Å². The molecule has 3 aromatic rings. The number of amides is 1. The van der Waals surface area contributed by atoms with Crippen molar-refractivity contribution in [1.82, 2.24) is 9.80 Å². The van der Waals surface area contributed by atoms with E-state index in [0.717, 1.165) is 25.2 Å². The van der Waals surface area contributed by atoms with Crippen LogP contribution in [0, 0.1) is 0 Å². The molecule has 3 aromatic carbocycles. The molecule has 1 aliphatic heterocycles. The topological polar surface area (TPSA) is 51.2 Å². The Hall–Kier alpha value is -3.77. The Morgan fingerprint density at radius 2 is 1.51 bits per heavy atom. The van der Waals surface area contributed by atoms with Crippen LogP contribution in [0.5, 0.6) is 17.2 Å². The highest BCUT2D eigenvalue weighted by Crippen LogP contribution is 2.29. The first-order valence-electron chi connectivity index (χ1n) is 11.8. The van der Waals surface area contributed by atoms with E-state index in [1.54, 1.807) is 14.2 Å². The molecule has 0 spiro atoms. The summed E-state index contributed by atoms with van der Waals surface area (Å²) in [5, 5.41) is 0. The number of benzene rings is 3. The van der Waals surface area contributed by atoms with E-state index in [1.165, 1.54) is 5.56 Å². The molecule has 0 N–H and O–H groups in total. The first-order chi connectivity index (χ1) is 17.2. The monoisotopic (exact) mass is 472 g/mol. The average Bonchev–Trinajstić information content (AvgIpc) is 2.92. The fourth-order valence-electron chi connectivity index (χ4n) is 4.14. The second-order valence-electron chi connectivity index (χ2n) is 8.37. The maximum absolute atomic E-state index is 13.2. The number of hydrogen-bond donors (Lipinski definition) is 0. The van der Waals surface area contributed by atoms with E-state index in [1.807, 2.05) is 65.6 Å². The Morgan fingerprint density at radius 3 is 2.23 bits per heavy atom. The van der Waals surface area contributed by atoms with Gasteiger partial charge in [-0.3, -0.25) is 9.69 Å². The second kappa shape index (κ2) is 12.1. The molecular formula is C29H32N2O4. The van der Waals surface area contributed by atoms with Gasteiger partial charge in [0.25, 0.3) is 5.91 Å². The minimum absolute atomic E-state index is 0.0330. The molecule has 1 aliphatic rings. The summed E-state index contributed by atoms with van der Waals surface area (Å²) in [6.07, 6.45) is 4.33. The number of hydrogen-bond acceptors (Lipinski definition) is 5. The standard InChI is InChI=1S/C29H32N2O4/c1-33-26-15-14-24(21-25(26)22-35-28-13-7-6-12-27(28)34-2)29(32)31-19-17-30(18-20-31)16-8-11-23-9-4-3-5-10-23/h3-15,21H,16-20,22H2,1-2H3/b11-8+. The first kappa shape index (κ1) is 24.4. The predicted octanol–water partition coefficient (Wildman–Crippen LogP) is 4.75. The van der Waals surface area contributed by atoms with Crippen molar-refractivity contribution in [1.29, 1.82) is 0 Å². The molecule has 4 rings (SSSR count). The maximum Gasteiger partial charge on any atom is 0.253 e. The fourth-order valence-corrected chi connectivity index (χ4v) is 4.14. The lowest BCUT2D eigenvalue weighted by molar-refractivity contribution is 0.0650. The highest BCUT2D eigenvalue weighted by Gasteiger charge is 2.22.